The van der Waals surface area contributed by atoms with E-state index in [0.29, 0.717) is 13.2 Å². The Kier molecular flexibility index (Phi) is 5.40. The van der Waals surface area contributed by atoms with Crippen LogP contribution in [0.25, 0.3) is 0 Å². The number of piperazine rings is 1. The summed E-state index contributed by atoms with van der Waals surface area (Å²) in [5.74, 6) is 0. The molecule has 1 fully saturated rings. The van der Waals surface area contributed by atoms with Gasteiger partial charge < -0.3 is 14.4 Å². The molecule has 0 unspecified atom stereocenters. The van der Waals surface area contributed by atoms with E-state index in [4.69, 9.17) is 9.47 Å². The smallest absolute Gasteiger partial charge is 0.218 e. The van der Waals surface area contributed by atoms with Crippen molar-refractivity contribution in [2.24, 2.45) is 0 Å². The highest BCUT2D eigenvalue weighted by atomic mass is 16.7. The normalized spacial score (nSPS) is 20.6. The van der Waals surface area contributed by atoms with Crippen LogP contribution in [0.5, 0.6) is 0 Å². The molecule has 14 heavy (non-hydrogen) atoms. The van der Waals surface area contributed by atoms with Gasteiger partial charge in [0.2, 0.25) is 6.41 Å². The van der Waals surface area contributed by atoms with Gasteiger partial charge in [0, 0.05) is 39.4 Å². The first-order valence-electron chi connectivity index (χ1n) is 5.43. The van der Waals surface area contributed by atoms with E-state index in [2.05, 4.69) is 16.8 Å². The average molecular weight is 202 g/mol. The summed E-state index contributed by atoms with van der Waals surface area (Å²) in [5, 5.41) is 0. The second kappa shape index (κ2) is 6.35. The molecule has 4 nitrogen and oxygen atoms in total. The van der Waals surface area contributed by atoms with Crippen LogP contribution in [0.3, 0.4) is 0 Å². The summed E-state index contributed by atoms with van der Waals surface area (Å²) in [6.07, 6.45) is -0.140. The second-order valence-electron chi connectivity index (χ2n) is 3.56. The van der Waals surface area contributed by atoms with Crippen LogP contribution in [0.15, 0.2) is 0 Å². The van der Waals surface area contributed by atoms with Crippen molar-refractivity contribution < 1.29 is 9.47 Å². The largest absolute Gasteiger partial charge is 0.340 e. The van der Waals surface area contributed by atoms with Gasteiger partial charge in [0.05, 0.1) is 0 Å². The van der Waals surface area contributed by atoms with Gasteiger partial charge >= 0.3 is 0 Å². The van der Waals surface area contributed by atoms with Crippen molar-refractivity contribution in [3.8, 4) is 0 Å². The zero-order valence-electron chi connectivity index (χ0n) is 9.53. The lowest BCUT2D eigenvalue weighted by Crippen LogP contribution is -2.50. The summed E-state index contributed by atoms with van der Waals surface area (Å²) in [6, 6.07) is 0. The van der Waals surface area contributed by atoms with Crippen molar-refractivity contribution in [2.75, 3.05) is 46.4 Å². The van der Waals surface area contributed by atoms with E-state index in [1.54, 1.807) is 0 Å². The van der Waals surface area contributed by atoms with E-state index < -0.39 is 0 Å². The lowest BCUT2D eigenvalue weighted by molar-refractivity contribution is -0.225. The van der Waals surface area contributed by atoms with Crippen molar-refractivity contribution in [1.29, 1.82) is 0 Å². The number of ether oxygens (including phenoxy) is 2. The number of rotatable bonds is 5. The molecule has 1 aliphatic heterocycles. The van der Waals surface area contributed by atoms with Gasteiger partial charge in [-0.3, -0.25) is 4.90 Å². The monoisotopic (exact) mass is 202 g/mol. The maximum absolute atomic E-state index is 5.54. The Morgan fingerprint density at radius 1 is 1.00 bits per heavy atom. The van der Waals surface area contributed by atoms with Crippen LogP contribution >= 0.6 is 0 Å². The van der Waals surface area contributed by atoms with E-state index in [1.807, 2.05) is 13.8 Å². The lowest BCUT2D eigenvalue weighted by atomic mass is 10.3. The molecule has 1 aliphatic rings. The van der Waals surface area contributed by atoms with Gasteiger partial charge in [0.15, 0.2) is 0 Å². The third-order valence-corrected chi connectivity index (χ3v) is 2.45. The van der Waals surface area contributed by atoms with Gasteiger partial charge in [0.1, 0.15) is 0 Å². The van der Waals surface area contributed by atoms with Crippen LogP contribution in [0.4, 0.5) is 0 Å². The minimum absolute atomic E-state index is 0.140. The zero-order chi connectivity index (χ0) is 10.4. The Morgan fingerprint density at radius 3 is 1.93 bits per heavy atom. The first-order valence-corrected chi connectivity index (χ1v) is 5.43. The molecule has 1 rings (SSSR count). The molecule has 1 heterocycles. The molecule has 1 saturated heterocycles. The summed E-state index contributed by atoms with van der Waals surface area (Å²) >= 11 is 0. The molecule has 0 aromatic carbocycles. The lowest BCUT2D eigenvalue weighted by Gasteiger charge is -2.36. The number of nitrogens with zero attached hydrogens (tertiary/aromatic N) is 2. The molecule has 0 aromatic heterocycles. The van der Waals surface area contributed by atoms with Gasteiger partial charge in [-0.05, 0) is 20.9 Å². The maximum Gasteiger partial charge on any atom is 0.218 e. The van der Waals surface area contributed by atoms with E-state index in [9.17, 15) is 0 Å². The number of hydrogen-bond acceptors (Lipinski definition) is 4. The highest BCUT2D eigenvalue weighted by Crippen LogP contribution is 2.07. The fourth-order valence-corrected chi connectivity index (χ4v) is 1.58. The molecule has 0 spiro atoms. The Hall–Kier alpha value is -0.160. The molecule has 0 amide bonds. The minimum atomic E-state index is -0.140. The predicted molar refractivity (Wildman–Crippen MR) is 56.1 cm³/mol. The van der Waals surface area contributed by atoms with Crippen molar-refractivity contribution >= 4 is 0 Å². The Balaban J connectivity index is 2.34. The van der Waals surface area contributed by atoms with Gasteiger partial charge in [-0.2, -0.15) is 0 Å². The standard InChI is InChI=1S/C10H22N2O2/c1-4-13-10(14-5-2)12-8-6-11(3)7-9-12/h10H,4-9H2,1-3H3. The number of likely N-dealkylation sites (N-methyl/N-ethyl adjacent to an activating group) is 1. The topological polar surface area (TPSA) is 24.9 Å². The molecule has 0 aromatic rings. The van der Waals surface area contributed by atoms with Crippen molar-refractivity contribution in [3.05, 3.63) is 0 Å². The number of hydrogen-bond donors (Lipinski definition) is 0. The van der Waals surface area contributed by atoms with Crippen LogP contribution in [-0.2, 0) is 9.47 Å². The van der Waals surface area contributed by atoms with Gasteiger partial charge in [0.25, 0.3) is 0 Å². The molecule has 0 atom stereocenters. The summed E-state index contributed by atoms with van der Waals surface area (Å²) < 4.78 is 11.1. The van der Waals surface area contributed by atoms with Crippen LogP contribution in [0.2, 0.25) is 0 Å². The molecule has 0 N–H and O–H groups in total. The highest BCUT2D eigenvalue weighted by Gasteiger charge is 2.22. The third kappa shape index (κ3) is 3.53. The molecule has 4 heteroatoms. The molecular weight excluding hydrogens is 180 g/mol. The Morgan fingerprint density at radius 2 is 1.50 bits per heavy atom. The molecular formula is C10H22N2O2. The predicted octanol–water partition coefficient (Wildman–Crippen LogP) is 0.590. The summed E-state index contributed by atoms with van der Waals surface area (Å²) in [7, 11) is 2.15. The van der Waals surface area contributed by atoms with Gasteiger partial charge in [-0.1, -0.05) is 0 Å². The SMILES string of the molecule is CCOC(OCC)N1CCN(C)CC1. The van der Waals surface area contributed by atoms with E-state index in [0.717, 1.165) is 26.2 Å². The molecule has 0 bridgehead atoms. The molecule has 84 valence electrons. The first kappa shape index (κ1) is 11.9. The highest BCUT2D eigenvalue weighted by molar-refractivity contribution is 4.68. The van der Waals surface area contributed by atoms with Crippen molar-refractivity contribution in [2.45, 2.75) is 20.3 Å². The maximum atomic E-state index is 5.54. The average Bonchev–Trinajstić information content (AvgIpc) is 2.19. The molecule has 0 aliphatic carbocycles. The van der Waals surface area contributed by atoms with Gasteiger partial charge in [-0.15, -0.1) is 0 Å². The van der Waals surface area contributed by atoms with Crippen molar-refractivity contribution in [3.63, 3.8) is 0 Å². The van der Waals surface area contributed by atoms with E-state index in [1.165, 1.54) is 0 Å². The third-order valence-electron chi connectivity index (χ3n) is 2.45. The summed E-state index contributed by atoms with van der Waals surface area (Å²) in [5.41, 5.74) is 0. The van der Waals surface area contributed by atoms with Crippen molar-refractivity contribution in [1.82, 2.24) is 9.80 Å². The van der Waals surface area contributed by atoms with Gasteiger partial charge in [-0.25, -0.2) is 0 Å². The van der Waals surface area contributed by atoms with E-state index >= 15 is 0 Å². The van der Waals surface area contributed by atoms with Crippen LogP contribution in [0, 0.1) is 0 Å². The van der Waals surface area contributed by atoms with Crippen LogP contribution in [-0.4, -0.2) is 62.7 Å². The zero-order valence-corrected chi connectivity index (χ0v) is 9.53. The fraction of sp³-hybridized carbons (Fsp3) is 1.00. The Bertz CT molecular complexity index is 141. The summed E-state index contributed by atoms with van der Waals surface area (Å²) in [6.45, 7) is 9.66. The quantitative estimate of drug-likeness (QED) is 0.609. The first-order chi connectivity index (χ1) is 6.77. The minimum Gasteiger partial charge on any atom is -0.340 e. The Labute approximate surface area is 86.8 Å². The molecule has 0 saturated carbocycles. The van der Waals surface area contributed by atoms with Crippen LogP contribution < -0.4 is 0 Å². The van der Waals surface area contributed by atoms with Crippen LogP contribution in [0.1, 0.15) is 13.8 Å². The second-order valence-corrected chi connectivity index (χ2v) is 3.56. The summed E-state index contributed by atoms with van der Waals surface area (Å²) in [4.78, 5) is 4.58. The van der Waals surface area contributed by atoms with E-state index in [-0.39, 0.29) is 6.41 Å². The fourth-order valence-electron chi connectivity index (χ4n) is 1.58. The molecule has 0 radical (unpaired) electrons.